The number of hydrogen-bond acceptors (Lipinski definition) is 4. The van der Waals surface area contributed by atoms with Gasteiger partial charge in [0.15, 0.2) is 0 Å². The topological polar surface area (TPSA) is 46.0 Å². The zero-order valence-electron chi connectivity index (χ0n) is 12.5. The second kappa shape index (κ2) is 7.01. The summed E-state index contributed by atoms with van der Waals surface area (Å²) in [6, 6.07) is 0.651. The van der Waals surface area contributed by atoms with E-state index in [9.17, 15) is 0 Å². The highest BCUT2D eigenvalue weighted by molar-refractivity contribution is 4.92. The lowest BCUT2D eigenvalue weighted by molar-refractivity contribution is 0.155. The van der Waals surface area contributed by atoms with Crippen LogP contribution in [0.1, 0.15) is 38.8 Å². The summed E-state index contributed by atoms with van der Waals surface area (Å²) < 4.78 is 1.78. The van der Waals surface area contributed by atoms with Crippen LogP contribution >= 0.6 is 0 Å². The van der Waals surface area contributed by atoms with Crippen LogP contribution in [0.3, 0.4) is 0 Å². The third kappa shape index (κ3) is 4.28. The lowest BCUT2D eigenvalue weighted by Crippen LogP contribution is -2.41. The number of nitrogens with zero attached hydrogens (tertiary/aromatic N) is 4. The van der Waals surface area contributed by atoms with Crippen LogP contribution in [0, 0.1) is 5.92 Å². The molecule has 2 heterocycles. The van der Waals surface area contributed by atoms with Gasteiger partial charge in [-0.15, -0.1) is 5.10 Å². The Bertz CT molecular complexity index is 368. The molecule has 1 aliphatic rings. The van der Waals surface area contributed by atoms with Crippen LogP contribution in [0.2, 0.25) is 0 Å². The van der Waals surface area contributed by atoms with Crippen molar-refractivity contribution in [3.05, 3.63) is 11.9 Å². The van der Waals surface area contributed by atoms with E-state index in [-0.39, 0.29) is 0 Å². The Morgan fingerprint density at radius 2 is 2.16 bits per heavy atom. The number of hydrogen-bond donors (Lipinski definition) is 1. The molecule has 0 aromatic carbocycles. The van der Waals surface area contributed by atoms with Gasteiger partial charge in [-0.25, -0.2) is 0 Å². The molecular formula is C14H27N5. The van der Waals surface area contributed by atoms with E-state index in [2.05, 4.69) is 34.4 Å². The fourth-order valence-electron chi connectivity index (χ4n) is 2.85. The van der Waals surface area contributed by atoms with Crippen molar-refractivity contribution in [3.8, 4) is 0 Å². The van der Waals surface area contributed by atoms with Gasteiger partial charge in [0.1, 0.15) is 0 Å². The van der Waals surface area contributed by atoms with Gasteiger partial charge in [0.05, 0.1) is 5.69 Å². The van der Waals surface area contributed by atoms with Crippen LogP contribution in [-0.4, -0.2) is 45.6 Å². The minimum Gasteiger partial charge on any atom is -0.314 e. The quantitative estimate of drug-likeness (QED) is 0.845. The predicted octanol–water partition coefficient (Wildman–Crippen LogP) is 1.42. The van der Waals surface area contributed by atoms with Gasteiger partial charge in [0, 0.05) is 25.8 Å². The van der Waals surface area contributed by atoms with Crippen molar-refractivity contribution in [1.82, 2.24) is 25.2 Å². The third-order valence-corrected chi connectivity index (χ3v) is 4.09. The van der Waals surface area contributed by atoms with Gasteiger partial charge in [0.2, 0.25) is 0 Å². The molecule has 108 valence electrons. The molecule has 2 rings (SSSR count). The highest BCUT2D eigenvalue weighted by Crippen LogP contribution is 2.21. The molecule has 0 aliphatic carbocycles. The molecule has 5 nitrogen and oxygen atoms in total. The summed E-state index contributed by atoms with van der Waals surface area (Å²) in [5.41, 5.74) is 1.08. The molecule has 0 bridgehead atoms. The lowest BCUT2D eigenvalue weighted by Gasteiger charge is -2.34. The highest BCUT2D eigenvalue weighted by Gasteiger charge is 2.23. The number of nitrogens with one attached hydrogen (secondary N) is 1. The third-order valence-electron chi connectivity index (χ3n) is 4.09. The van der Waals surface area contributed by atoms with E-state index in [1.54, 1.807) is 4.68 Å². The van der Waals surface area contributed by atoms with Gasteiger partial charge in [-0.3, -0.25) is 9.58 Å². The standard InChI is InChI=1S/C14H27N5/c1-4-7-15-12(2)13-5-8-19(9-6-13)11-14-10-18(3)17-16-14/h10,12-13,15H,4-9,11H2,1-3H3. The normalized spacial score (nSPS) is 19.7. The fraction of sp³-hybridized carbons (Fsp3) is 0.857. The maximum absolute atomic E-state index is 4.16. The maximum Gasteiger partial charge on any atom is 0.0966 e. The van der Waals surface area contributed by atoms with Crippen LogP contribution < -0.4 is 5.32 Å². The van der Waals surface area contributed by atoms with Gasteiger partial charge >= 0.3 is 0 Å². The van der Waals surface area contributed by atoms with E-state index < -0.39 is 0 Å². The van der Waals surface area contributed by atoms with Crippen molar-refractivity contribution in [2.45, 2.75) is 45.7 Å². The predicted molar refractivity (Wildman–Crippen MR) is 76.8 cm³/mol. The Balaban J connectivity index is 1.73. The molecule has 0 amide bonds. The van der Waals surface area contributed by atoms with Crippen molar-refractivity contribution in [1.29, 1.82) is 0 Å². The molecule has 1 saturated heterocycles. The van der Waals surface area contributed by atoms with Gasteiger partial charge in [-0.05, 0) is 51.7 Å². The molecule has 0 saturated carbocycles. The molecule has 5 heteroatoms. The van der Waals surface area contributed by atoms with E-state index in [0.29, 0.717) is 6.04 Å². The van der Waals surface area contributed by atoms with Crippen molar-refractivity contribution >= 4 is 0 Å². The molecule has 1 fully saturated rings. The fourth-order valence-corrected chi connectivity index (χ4v) is 2.85. The highest BCUT2D eigenvalue weighted by atomic mass is 15.4. The maximum atomic E-state index is 4.16. The molecule has 1 atom stereocenters. The minimum absolute atomic E-state index is 0.651. The minimum atomic E-state index is 0.651. The van der Waals surface area contributed by atoms with E-state index in [0.717, 1.165) is 24.7 Å². The summed E-state index contributed by atoms with van der Waals surface area (Å²) >= 11 is 0. The molecule has 1 aliphatic heterocycles. The molecule has 1 unspecified atom stereocenters. The SMILES string of the molecule is CCCNC(C)C1CCN(Cc2cn(C)nn2)CC1. The molecule has 1 N–H and O–H groups in total. The molecule has 1 aromatic rings. The van der Waals surface area contributed by atoms with Crippen molar-refractivity contribution < 1.29 is 0 Å². The summed E-state index contributed by atoms with van der Waals surface area (Å²) in [5, 5.41) is 11.8. The van der Waals surface area contributed by atoms with Crippen LogP contribution in [0.15, 0.2) is 6.20 Å². The largest absolute Gasteiger partial charge is 0.314 e. The van der Waals surface area contributed by atoms with E-state index in [4.69, 9.17) is 0 Å². The Labute approximate surface area is 116 Å². The second-order valence-corrected chi connectivity index (χ2v) is 5.74. The Kier molecular flexibility index (Phi) is 5.34. The zero-order valence-corrected chi connectivity index (χ0v) is 12.5. The van der Waals surface area contributed by atoms with Crippen LogP contribution in [-0.2, 0) is 13.6 Å². The number of piperidine rings is 1. The molecule has 0 radical (unpaired) electrons. The number of aryl methyl sites for hydroxylation is 1. The summed E-state index contributed by atoms with van der Waals surface area (Å²) in [6.45, 7) is 9.00. The molecule has 0 spiro atoms. The van der Waals surface area contributed by atoms with E-state index >= 15 is 0 Å². The lowest BCUT2D eigenvalue weighted by atomic mass is 9.90. The average Bonchev–Trinajstić information content (AvgIpc) is 2.82. The summed E-state index contributed by atoms with van der Waals surface area (Å²) in [6.07, 6.45) is 5.81. The van der Waals surface area contributed by atoms with Crippen LogP contribution in [0.5, 0.6) is 0 Å². The summed E-state index contributed by atoms with van der Waals surface area (Å²) in [4.78, 5) is 2.49. The first-order chi connectivity index (χ1) is 9.19. The van der Waals surface area contributed by atoms with Crippen molar-refractivity contribution in [2.24, 2.45) is 13.0 Å². The van der Waals surface area contributed by atoms with Crippen LogP contribution in [0.25, 0.3) is 0 Å². The summed E-state index contributed by atoms with van der Waals surface area (Å²) in [7, 11) is 1.92. The Morgan fingerprint density at radius 1 is 1.42 bits per heavy atom. The van der Waals surface area contributed by atoms with Crippen molar-refractivity contribution in [2.75, 3.05) is 19.6 Å². The van der Waals surface area contributed by atoms with Gasteiger partial charge in [0.25, 0.3) is 0 Å². The Morgan fingerprint density at radius 3 is 2.74 bits per heavy atom. The van der Waals surface area contributed by atoms with E-state index in [1.807, 2.05) is 13.2 Å². The van der Waals surface area contributed by atoms with Gasteiger partial charge in [-0.2, -0.15) is 0 Å². The monoisotopic (exact) mass is 265 g/mol. The molecule has 1 aromatic heterocycles. The van der Waals surface area contributed by atoms with Crippen molar-refractivity contribution in [3.63, 3.8) is 0 Å². The molecule has 19 heavy (non-hydrogen) atoms. The number of aromatic nitrogens is 3. The number of likely N-dealkylation sites (tertiary alicyclic amines) is 1. The van der Waals surface area contributed by atoms with Gasteiger partial charge < -0.3 is 5.32 Å². The van der Waals surface area contributed by atoms with Crippen LogP contribution in [0.4, 0.5) is 0 Å². The first kappa shape index (κ1) is 14.5. The Hall–Kier alpha value is -0.940. The average molecular weight is 265 g/mol. The smallest absolute Gasteiger partial charge is 0.0966 e. The first-order valence-corrected chi connectivity index (χ1v) is 7.50. The molecular weight excluding hydrogens is 238 g/mol. The zero-order chi connectivity index (χ0) is 13.7. The number of rotatable bonds is 6. The van der Waals surface area contributed by atoms with Gasteiger partial charge in [-0.1, -0.05) is 12.1 Å². The second-order valence-electron chi connectivity index (χ2n) is 5.74. The summed E-state index contributed by atoms with van der Waals surface area (Å²) in [5.74, 6) is 0.824. The first-order valence-electron chi connectivity index (χ1n) is 7.50. The van der Waals surface area contributed by atoms with E-state index in [1.165, 1.54) is 32.4 Å².